The molecule has 1 heterocycles. The Morgan fingerprint density at radius 2 is 1.76 bits per heavy atom. The molecule has 25 heavy (non-hydrogen) atoms. The molecule has 7 heteroatoms. The lowest BCUT2D eigenvalue weighted by atomic mass is 10.2. The van der Waals surface area contributed by atoms with Crippen LogP contribution >= 0.6 is 0 Å². The summed E-state index contributed by atoms with van der Waals surface area (Å²) in [5, 5.41) is 2.59. The molecule has 1 N–H and O–H groups in total. The summed E-state index contributed by atoms with van der Waals surface area (Å²) in [5.74, 6) is -0.392. The minimum Gasteiger partial charge on any atom is -0.451 e. The third kappa shape index (κ3) is 3.95. The van der Waals surface area contributed by atoms with Crippen LogP contribution in [-0.2, 0) is 9.84 Å². The van der Waals surface area contributed by atoms with E-state index in [-0.39, 0.29) is 16.5 Å². The van der Waals surface area contributed by atoms with E-state index in [1.54, 1.807) is 24.3 Å². The zero-order chi connectivity index (χ0) is 18.0. The Hall–Kier alpha value is -2.93. The first kappa shape index (κ1) is 16.9. The van der Waals surface area contributed by atoms with Crippen molar-refractivity contribution in [2.24, 2.45) is 0 Å². The summed E-state index contributed by atoms with van der Waals surface area (Å²) in [5.41, 5.74) is 0.979. The number of carbonyl (C=O) groups excluding carboxylic acids is 1. The summed E-state index contributed by atoms with van der Waals surface area (Å²) in [6.07, 6.45) is 1.09. The van der Waals surface area contributed by atoms with E-state index in [4.69, 9.17) is 4.42 Å². The molecule has 1 amide bonds. The van der Waals surface area contributed by atoms with Crippen molar-refractivity contribution >= 4 is 21.4 Å². The molecule has 0 fully saturated rings. The maximum Gasteiger partial charge on any atom is 0.291 e. The fourth-order valence-corrected chi connectivity index (χ4v) is 2.89. The average molecular weight is 359 g/mol. The SMILES string of the molecule is CS(=O)(=O)c1cccc(NC(=O)c2ccc(-c3ccc(F)cc3)o2)c1. The smallest absolute Gasteiger partial charge is 0.291 e. The molecule has 3 aromatic rings. The number of benzene rings is 2. The second-order valence-electron chi connectivity index (χ2n) is 5.42. The van der Waals surface area contributed by atoms with Gasteiger partial charge < -0.3 is 9.73 Å². The van der Waals surface area contributed by atoms with Gasteiger partial charge in [-0.3, -0.25) is 4.79 Å². The van der Waals surface area contributed by atoms with Crippen molar-refractivity contribution in [1.29, 1.82) is 0 Å². The maximum atomic E-state index is 13.0. The summed E-state index contributed by atoms with van der Waals surface area (Å²) in [6.45, 7) is 0. The number of halogens is 1. The third-order valence-corrected chi connectivity index (χ3v) is 4.59. The van der Waals surface area contributed by atoms with Crippen molar-refractivity contribution in [2.75, 3.05) is 11.6 Å². The first-order valence-corrected chi connectivity index (χ1v) is 9.19. The zero-order valence-electron chi connectivity index (χ0n) is 13.2. The molecule has 0 aliphatic rings. The van der Waals surface area contributed by atoms with Gasteiger partial charge in [0.1, 0.15) is 11.6 Å². The number of hydrogen-bond acceptors (Lipinski definition) is 4. The van der Waals surface area contributed by atoms with Crippen LogP contribution in [0.3, 0.4) is 0 Å². The van der Waals surface area contributed by atoms with Gasteiger partial charge in [-0.05, 0) is 54.6 Å². The Kier molecular flexibility index (Phi) is 4.41. The van der Waals surface area contributed by atoms with E-state index in [0.717, 1.165) is 6.26 Å². The monoisotopic (exact) mass is 359 g/mol. The second kappa shape index (κ2) is 6.52. The van der Waals surface area contributed by atoms with Crippen LogP contribution in [0.25, 0.3) is 11.3 Å². The van der Waals surface area contributed by atoms with Crippen LogP contribution in [0.5, 0.6) is 0 Å². The first-order chi connectivity index (χ1) is 11.8. The standard InChI is InChI=1S/C18H14FNO4S/c1-25(22,23)15-4-2-3-14(11-15)20-18(21)17-10-9-16(24-17)12-5-7-13(19)8-6-12/h2-11H,1H3,(H,20,21). The quantitative estimate of drug-likeness (QED) is 0.770. The van der Waals surface area contributed by atoms with Crippen LogP contribution in [0.15, 0.2) is 70.0 Å². The molecule has 0 atom stereocenters. The Balaban J connectivity index is 1.80. The topological polar surface area (TPSA) is 76.4 Å². The molecule has 2 aromatic carbocycles. The minimum absolute atomic E-state index is 0.0593. The number of anilines is 1. The molecule has 0 saturated carbocycles. The van der Waals surface area contributed by atoms with Crippen LogP contribution < -0.4 is 5.32 Å². The second-order valence-corrected chi connectivity index (χ2v) is 7.44. The third-order valence-electron chi connectivity index (χ3n) is 3.48. The van der Waals surface area contributed by atoms with Crippen LogP contribution in [0.4, 0.5) is 10.1 Å². The van der Waals surface area contributed by atoms with Gasteiger partial charge in [-0.15, -0.1) is 0 Å². The van der Waals surface area contributed by atoms with Crippen LogP contribution in [-0.4, -0.2) is 20.6 Å². The molecule has 0 spiro atoms. The van der Waals surface area contributed by atoms with E-state index in [0.29, 0.717) is 17.0 Å². The Labute approximate surface area is 144 Å². The first-order valence-electron chi connectivity index (χ1n) is 7.30. The highest BCUT2D eigenvalue weighted by Gasteiger charge is 2.14. The maximum absolute atomic E-state index is 13.0. The predicted molar refractivity (Wildman–Crippen MR) is 91.6 cm³/mol. The van der Waals surface area contributed by atoms with E-state index in [1.807, 2.05) is 0 Å². The van der Waals surface area contributed by atoms with Crippen molar-refractivity contribution in [1.82, 2.24) is 0 Å². The van der Waals surface area contributed by atoms with Gasteiger partial charge in [-0.2, -0.15) is 0 Å². The summed E-state index contributed by atoms with van der Waals surface area (Å²) < 4.78 is 41.6. The van der Waals surface area contributed by atoms with Crippen molar-refractivity contribution in [3.63, 3.8) is 0 Å². The van der Waals surface area contributed by atoms with Crippen molar-refractivity contribution in [2.45, 2.75) is 4.90 Å². The van der Waals surface area contributed by atoms with E-state index in [1.165, 1.54) is 36.4 Å². The summed E-state index contributed by atoms with van der Waals surface area (Å²) in [6, 6.07) is 14.7. The molecule has 0 aliphatic heterocycles. The van der Waals surface area contributed by atoms with Crippen LogP contribution in [0, 0.1) is 5.82 Å². The predicted octanol–water partition coefficient (Wildman–Crippen LogP) is 3.74. The number of amides is 1. The molecule has 3 rings (SSSR count). The molecule has 0 unspecified atom stereocenters. The Morgan fingerprint density at radius 3 is 2.44 bits per heavy atom. The Morgan fingerprint density at radius 1 is 1.04 bits per heavy atom. The Bertz CT molecular complexity index is 1020. The largest absolute Gasteiger partial charge is 0.451 e. The van der Waals surface area contributed by atoms with E-state index in [2.05, 4.69) is 5.32 Å². The summed E-state index contributed by atoms with van der Waals surface area (Å²) in [4.78, 5) is 12.4. The fourth-order valence-electron chi connectivity index (χ4n) is 2.23. The molecular formula is C18H14FNO4S. The molecule has 5 nitrogen and oxygen atoms in total. The molecule has 0 aliphatic carbocycles. The van der Waals surface area contributed by atoms with Crippen LogP contribution in [0.1, 0.15) is 10.6 Å². The highest BCUT2D eigenvalue weighted by Crippen LogP contribution is 2.23. The van der Waals surface area contributed by atoms with E-state index >= 15 is 0 Å². The number of sulfone groups is 1. The molecule has 0 saturated heterocycles. The summed E-state index contributed by atoms with van der Waals surface area (Å²) >= 11 is 0. The molecule has 0 radical (unpaired) electrons. The van der Waals surface area contributed by atoms with Gasteiger partial charge in [0, 0.05) is 17.5 Å². The highest BCUT2D eigenvalue weighted by atomic mass is 32.2. The lowest BCUT2D eigenvalue weighted by Gasteiger charge is -2.05. The molecule has 128 valence electrons. The van der Waals surface area contributed by atoms with Gasteiger partial charge >= 0.3 is 0 Å². The van der Waals surface area contributed by atoms with Gasteiger partial charge in [0.05, 0.1) is 4.90 Å². The lowest BCUT2D eigenvalue weighted by molar-refractivity contribution is 0.0997. The van der Waals surface area contributed by atoms with Gasteiger partial charge in [-0.25, -0.2) is 12.8 Å². The number of furan rings is 1. The van der Waals surface area contributed by atoms with Gasteiger partial charge in [0.25, 0.3) is 5.91 Å². The van der Waals surface area contributed by atoms with Crippen molar-refractivity contribution in [3.8, 4) is 11.3 Å². The number of hydrogen-bond donors (Lipinski definition) is 1. The van der Waals surface area contributed by atoms with Crippen LogP contribution in [0.2, 0.25) is 0 Å². The molecule has 0 bridgehead atoms. The number of carbonyl (C=O) groups is 1. The van der Waals surface area contributed by atoms with Gasteiger partial charge in [-0.1, -0.05) is 6.07 Å². The summed E-state index contributed by atoms with van der Waals surface area (Å²) in [7, 11) is -3.37. The van der Waals surface area contributed by atoms with Gasteiger partial charge in [0.15, 0.2) is 15.6 Å². The van der Waals surface area contributed by atoms with Gasteiger partial charge in [0.2, 0.25) is 0 Å². The average Bonchev–Trinajstić information content (AvgIpc) is 3.05. The normalized spacial score (nSPS) is 11.3. The minimum atomic E-state index is -3.37. The molecule has 1 aromatic heterocycles. The molecular weight excluding hydrogens is 345 g/mol. The number of nitrogens with one attached hydrogen (secondary N) is 1. The van der Waals surface area contributed by atoms with Crippen molar-refractivity contribution < 1.29 is 22.0 Å². The number of rotatable bonds is 4. The fraction of sp³-hybridized carbons (Fsp3) is 0.0556. The lowest BCUT2D eigenvalue weighted by Crippen LogP contribution is -2.11. The van der Waals surface area contributed by atoms with E-state index in [9.17, 15) is 17.6 Å². The zero-order valence-corrected chi connectivity index (χ0v) is 14.0. The van der Waals surface area contributed by atoms with E-state index < -0.39 is 15.7 Å². The highest BCUT2D eigenvalue weighted by molar-refractivity contribution is 7.90. The van der Waals surface area contributed by atoms with Crippen molar-refractivity contribution in [3.05, 3.63) is 72.2 Å².